The van der Waals surface area contributed by atoms with Crippen LogP contribution in [0.2, 0.25) is 0 Å². The Morgan fingerprint density at radius 1 is 1.50 bits per heavy atom. The molecule has 1 N–H and O–H groups in total. The molecule has 100 valence electrons. The van der Waals surface area contributed by atoms with Crippen LogP contribution in [0.15, 0.2) is 18.9 Å². The van der Waals surface area contributed by atoms with Gasteiger partial charge in [-0.2, -0.15) is 0 Å². The summed E-state index contributed by atoms with van der Waals surface area (Å²) in [6.07, 6.45) is 4.44. The van der Waals surface area contributed by atoms with Gasteiger partial charge in [-0.3, -0.25) is 0 Å². The van der Waals surface area contributed by atoms with Gasteiger partial charge in [-0.25, -0.2) is 9.97 Å². The van der Waals surface area contributed by atoms with Gasteiger partial charge in [0.25, 0.3) is 0 Å². The van der Waals surface area contributed by atoms with Gasteiger partial charge in [-0.15, -0.1) is 6.58 Å². The minimum absolute atomic E-state index is 0.326. The maximum Gasteiger partial charge on any atom is 0.160 e. The molecule has 0 amide bonds. The van der Waals surface area contributed by atoms with E-state index in [0.717, 1.165) is 30.2 Å². The molecule has 0 saturated heterocycles. The van der Waals surface area contributed by atoms with Crippen LogP contribution >= 0.6 is 0 Å². The maximum absolute atomic E-state index is 5.67. The van der Waals surface area contributed by atoms with Crippen LogP contribution in [0.5, 0.6) is 5.75 Å². The number of aromatic nitrogens is 2. The predicted octanol–water partition coefficient (Wildman–Crippen LogP) is 2.66. The maximum atomic E-state index is 5.67. The van der Waals surface area contributed by atoms with E-state index in [2.05, 4.69) is 42.6 Å². The summed E-state index contributed by atoms with van der Waals surface area (Å²) in [6.45, 7) is 12.2. The molecule has 0 fully saturated rings. The first-order chi connectivity index (χ1) is 8.69. The van der Waals surface area contributed by atoms with Crippen LogP contribution in [0.1, 0.15) is 44.6 Å². The Kier molecular flexibility index (Phi) is 6.36. The predicted molar refractivity (Wildman–Crippen MR) is 73.8 cm³/mol. The quantitative estimate of drug-likeness (QED) is 0.568. The topological polar surface area (TPSA) is 47.0 Å². The molecule has 4 nitrogen and oxygen atoms in total. The fraction of sp³-hybridized carbons (Fsp3) is 0.571. The highest BCUT2D eigenvalue weighted by molar-refractivity contribution is 5.25. The van der Waals surface area contributed by atoms with Gasteiger partial charge in [0.15, 0.2) is 5.75 Å². The minimum atomic E-state index is 0.326. The first kappa shape index (κ1) is 14.6. The molecule has 18 heavy (non-hydrogen) atoms. The number of hydrogen-bond donors (Lipinski definition) is 1. The van der Waals surface area contributed by atoms with Crippen molar-refractivity contribution in [1.82, 2.24) is 15.3 Å². The van der Waals surface area contributed by atoms with E-state index in [1.54, 1.807) is 6.20 Å². The number of nitrogens with one attached hydrogen (secondary N) is 1. The van der Waals surface area contributed by atoms with Gasteiger partial charge < -0.3 is 10.1 Å². The van der Waals surface area contributed by atoms with E-state index in [0.29, 0.717) is 19.1 Å². The second-order valence-corrected chi connectivity index (χ2v) is 4.40. The average Bonchev–Trinajstić information content (AvgIpc) is 2.37. The zero-order valence-corrected chi connectivity index (χ0v) is 11.6. The highest BCUT2D eigenvalue weighted by atomic mass is 16.5. The summed E-state index contributed by atoms with van der Waals surface area (Å²) in [5, 5.41) is 3.27. The highest BCUT2D eigenvalue weighted by Crippen LogP contribution is 2.18. The molecule has 4 heteroatoms. The summed E-state index contributed by atoms with van der Waals surface area (Å²) in [5.74, 6) is 1.95. The molecule has 1 rings (SSSR count). The van der Waals surface area contributed by atoms with Crippen molar-refractivity contribution in [2.75, 3.05) is 13.2 Å². The van der Waals surface area contributed by atoms with Crippen LogP contribution < -0.4 is 10.1 Å². The summed E-state index contributed by atoms with van der Waals surface area (Å²) in [4.78, 5) is 8.90. The van der Waals surface area contributed by atoms with Gasteiger partial charge in [0.05, 0.1) is 18.5 Å². The van der Waals surface area contributed by atoms with Crippen molar-refractivity contribution in [3.05, 3.63) is 30.4 Å². The Morgan fingerprint density at radius 3 is 2.89 bits per heavy atom. The lowest BCUT2D eigenvalue weighted by Crippen LogP contribution is -2.16. The van der Waals surface area contributed by atoms with Crippen molar-refractivity contribution in [3.63, 3.8) is 0 Å². The zero-order chi connectivity index (χ0) is 13.4. The Balaban J connectivity index is 2.82. The van der Waals surface area contributed by atoms with E-state index in [1.165, 1.54) is 0 Å². The van der Waals surface area contributed by atoms with Crippen LogP contribution in [0, 0.1) is 0 Å². The molecule has 0 aliphatic carbocycles. The fourth-order valence-electron chi connectivity index (χ4n) is 1.44. The molecular weight excluding hydrogens is 226 g/mol. The van der Waals surface area contributed by atoms with Crippen molar-refractivity contribution >= 4 is 0 Å². The van der Waals surface area contributed by atoms with Crippen LogP contribution in [0.4, 0.5) is 0 Å². The second kappa shape index (κ2) is 7.82. The molecule has 0 atom stereocenters. The smallest absolute Gasteiger partial charge is 0.160 e. The standard InChI is InChI=1S/C14H23N3O/c1-5-7-8-18-13-10-16-14(11(3)4)17-12(13)9-15-6-2/h5,10-11,15H,1,6-9H2,2-4H3. The molecule has 1 aromatic heterocycles. The van der Waals surface area contributed by atoms with Gasteiger partial charge in [-0.05, 0) is 13.0 Å². The SMILES string of the molecule is C=CCCOc1cnc(C(C)C)nc1CNCC. The molecule has 0 aliphatic rings. The summed E-state index contributed by atoms with van der Waals surface area (Å²) >= 11 is 0. The molecule has 1 heterocycles. The van der Waals surface area contributed by atoms with Crippen LogP contribution in [-0.2, 0) is 6.54 Å². The Morgan fingerprint density at radius 2 is 2.28 bits per heavy atom. The Labute approximate surface area is 109 Å². The first-order valence-electron chi connectivity index (χ1n) is 6.49. The number of ether oxygens (including phenoxy) is 1. The highest BCUT2D eigenvalue weighted by Gasteiger charge is 2.10. The lowest BCUT2D eigenvalue weighted by atomic mass is 10.2. The number of hydrogen-bond acceptors (Lipinski definition) is 4. The van der Waals surface area contributed by atoms with Gasteiger partial charge >= 0.3 is 0 Å². The average molecular weight is 249 g/mol. The number of nitrogens with zero attached hydrogens (tertiary/aromatic N) is 2. The third-order valence-electron chi connectivity index (χ3n) is 2.49. The Hall–Kier alpha value is -1.42. The van der Waals surface area contributed by atoms with E-state index in [1.807, 2.05) is 6.08 Å². The van der Waals surface area contributed by atoms with Crippen molar-refractivity contribution in [3.8, 4) is 5.75 Å². The van der Waals surface area contributed by atoms with E-state index < -0.39 is 0 Å². The lowest BCUT2D eigenvalue weighted by Gasteiger charge is -2.12. The molecule has 0 spiro atoms. The first-order valence-corrected chi connectivity index (χ1v) is 6.49. The molecule has 0 radical (unpaired) electrons. The molecule has 0 unspecified atom stereocenters. The normalized spacial score (nSPS) is 10.7. The monoisotopic (exact) mass is 249 g/mol. The molecule has 0 bridgehead atoms. The summed E-state index contributed by atoms with van der Waals surface area (Å²) in [5.41, 5.74) is 0.930. The summed E-state index contributed by atoms with van der Waals surface area (Å²) in [7, 11) is 0. The van der Waals surface area contributed by atoms with Crippen LogP contribution in [0.3, 0.4) is 0 Å². The summed E-state index contributed by atoms with van der Waals surface area (Å²) in [6, 6.07) is 0. The molecule has 0 saturated carbocycles. The van der Waals surface area contributed by atoms with E-state index in [-0.39, 0.29) is 0 Å². The van der Waals surface area contributed by atoms with Crippen molar-refractivity contribution < 1.29 is 4.74 Å². The van der Waals surface area contributed by atoms with E-state index in [9.17, 15) is 0 Å². The van der Waals surface area contributed by atoms with Gasteiger partial charge in [-0.1, -0.05) is 26.8 Å². The van der Waals surface area contributed by atoms with E-state index in [4.69, 9.17) is 4.74 Å². The van der Waals surface area contributed by atoms with Crippen molar-refractivity contribution in [1.29, 1.82) is 0 Å². The number of rotatable bonds is 8. The Bertz CT molecular complexity index is 377. The van der Waals surface area contributed by atoms with Crippen LogP contribution in [-0.4, -0.2) is 23.1 Å². The minimum Gasteiger partial charge on any atom is -0.490 e. The van der Waals surface area contributed by atoms with Gasteiger partial charge in [0.2, 0.25) is 0 Å². The lowest BCUT2D eigenvalue weighted by molar-refractivity contribution is 0.316. The third kappa shape index (κ3) is 4.45. The largest absolute Gasteiger partial charge is 0.490 e. The van der Waals surface area contributed by atoms with Crippen LogP contribution in [0.25, 0.3) is 0 Å². The second-order valence-electron chi connectivity index (χ2n) is 4.40. The summed E-state index contributed by atoms with van der Waals surface area (Å²) < 4.78 is 5.67. The fourth-order valence-corrected chi connectivity index (χ4v) is 1.44. The van der Waals surface area contributed by atoms with Crippen molar-refractivity contribution in [2.45, 2.75) is 39.7 Å². The molecule has 1 aromatic rings. The molecule has 0 aromatic carbocycles. The van der Waals surface area contributed by atoms with Gasteiger partial charge in [0.1, 0.15) is 5.82 Å². The van der Waals surface area contributed by atoms with E-state index >= 15 is 0 Å². The third-order valence-corrected chi connectivity index (χ3v) is 2.49. The molecule has 0 aliphatic heterocycles. The van der Waals surface area contributed by atoms with Gasteiger partial charge in [0, 0.05) is 12.5 Å². The molecular formula is C14H23N3O. The van der Waals surface area contributed by atoms with Crippen molar-refractivity contribution in [2.24, 2.45) is 0 Å². The zero-order valence-electron chi connectivity index (χ0n) is 11.6.